The Hall–Kier alpha value is -1.92. The van der Waals surface area contributed by atoms with Crippen LogP contribution in [0.3, 0.4) is 0 Å². The summed E-state index contributed by atoms with van der Waals surface area (Å²) in [5, 5.41) is 0.989. The standard InChI is InChI=1S/C21H16Cl2O3S2/c1-14-2-11-19(27-14)12-20(21(24)16-5-9-18(23)10-6-16)28(25,26)13-15-3-7-17(22)8-4-15/h2-12H,13H2,1H3. The number of benzene rings is 2. The number of ketones is 1. The average molecular weight is 451 g/mol. The van der Waals surface area contributed by atoms with E-state index in [0.717, 1.165) is 4.88 Å². The Labute approximate surface area is 178 Å². The maximum Gasteiger partial charge on any atom is 0.204 e. The summed E-state index contributed by atoms with van der Waals surface area (Å²) in [6, 6.07) is 16.4. The molecule has 0 atom stereocenters. The molecule has 0 bridgehead atoms. The molecule has 3 aromatic rings. The monoisotopic (exact) mass is 450 g/mol. The van der Waals surface area contributed by atoms with Crippen molar-refractivity contribution in [2.45, 2.75) is 12.7 Å². The first-order valence-electron chi connectivity index (χ1n) is 8.30. The third-order valence-electron chi connectivity index (χ3n) is 3.97. The lowest BCUT2D eigenvalue weighted by Gasteiger charge is -2.09. The van der Waals surface area contributed by atoms with Gasteiger partial charge in [-0.05, 0) is 67.1 Å². The largest absolute Gasteiger partial charge is 0.288 e. The normalized spacial score (nSPS) is 12.2. The molecule has 3 rings (SSSR count). The van der Waals surface area contributed by atoms with E-state index in [9.17, 15) is 13.2 Å². The molecule has 0 radical (unpaired) electrons. The highest BCUT2D eigenvalue weighted by atomic mass is 35.5. The number of carbonyl (C=O) groups is 1. The Balaban J connectivity index is 2.04. The lowest BCUT2D eigenvalue weighted by atomic mass is 10.1. The summed E-state index contributed by atoms with van der Waals surface area (Å²) in [5.41, 5.74) is 0.824. The fraction of sp³-hybridized carbons (Fsp3) is 0.0952. The minimum Gasteiger partial charge on any atom is -0.288 e. The van der Waals surface area contributed by atoms with Crippen LogP contribution in [0.4, 0.5) is 0 Å². The summed E-state index contributed by atoms with van der Waals surface area (Å²) in [7, 11) is -3.89. The zero-order chi connectivity index (χ0) is 20.3. The van der Waals surface area contributed by atoms with Gasteiger partial charge in [0.2, 0.25) is 5.78 Å². The van der Waals surface area contributed by atoms with Crippen LogP contribution in [0.1, 0.15) is 25.7 Å². The van der Waals surface area contributed by atoms with Gasteiger partial charge >= 0.3 is 0 Å². The number of halogens is 2. The molecule has 0 aliphatic heterocycles. The molecule has 144 valence electrons. The number of allylic oxidation sites excluding steroid dienone is 1. The summed E-state index contributed by atoms with van der Waals surface area (Å²) < 4.78 is 26.3. The van der Waals surface area contributed by atoms with E-state index in [1.165, 1.54) is 29.5 Å². The van der Waals surface area contributed by atoms with Crippen LogP contribution in [-0.4, -0.2) is 14.2 Å². The molecule has 3 nitrogen and oxygen atoms in total. The van der Waals surface area contributed by atoms with Crippen LogP contribution in [-0.2, 0) is 15.6 Å². The molecule has 0 spiro atoms. The second-order valence-corrected chi connectivity index (χ2v) is 10.3. The fourth-order valence-electron chi connectivity index (χ4n) is 2.58. The van der Waals surface area contributed by atoms with Crippen molar-refractivity contribution in [3.8, 4) is 0 Å². The minimum absolute atomic E-state index is 0.244. The van der Waals surface area contributed by atoms with E-state index in [-0.39, 0.29) is 16.2 Å². The minimum atomic E-state index is -3.89. The predicted molar refractivity (Wildman–Crippen MR) is 117 cm³/mol. The van der Waals surface area contributed by atoms with Gasteiger partial charge in [-0.1, -0.05) is 35.3 Å². The zero-order valence-corrected chi connectivity index (χ0v) is 18.0. The molecule has 1 heterocycles. The smallest absolute Gasteiger partial charge is 0.204 e. The van der Waals surface area contributed by atoms with E-state index in [2.05, 4.69) is 0 Å². The van der Waals surface area contributed by atoms with E-state index in [1.54, 1.807) is 42.5 Å². The van der Waals surface area contributed by atoms with Gasteiger partial charge in [0, 0.05) is 25.4 Å². The van der Waals surface area contributed by atoms with Crippen LogP contribution in [0, 0.1) is 6.92 Å². The van der Waals surface area contributed by atoms with Crippen LogP contribution < -0.4 is 0 Å². The second-order valence-electron chi connectivity index (χ2n) is 6.18. The molecule has 7 heteroatoms. The average Bonchev–Trinajstić information content (AvgIpc) is 3.06. The van der Waals surface area contributed by atoms with Gasteiger partial charge in [0.15, 0.2) is 9.84 Å². The van der Waals surface area contributed by atoms with Gasteiger partial charge in [-0.3, -0.25) is 4.79 Å². The first kappa shape index (κ1) is 20.8. The third kappa shape index (κ3) is 5.11. The Bertz CT molecular complexity index is 1130. The van der Waals surface area contributed by atoms with Gasteiger partial charge in [-0.25, -0.2) is 8.42 Å². The quantitative estimate of drug-likeness (QED) is 0.331. The molecule has 0 aliphatic rings. The van der Waals surface area contributed by atoms with Gasteiger partial charge in [-0.15, -0.1) is 11.3 Å². The molecule has 1 aromatic heterocycles. The number of thiophene rings is 1. The van der Waals surface area contributed by atoms with Crippen molar-refractivity contribution in [1.82, 2.24) is 0 Å². The van der Waals surface area contributed by atoms with Crippen LogP contribution >= 0.6 is 34.5 Å². The number of hydrogen-bond donors (Lipinski definition) is 0. The zero-order valence-electron chi connectivity index (χ0n) is 14.9. The van der Waals surface area contributed by atoms with E-state index in [1.807, 2.05) is 13.0 Å². The highest BCUT2D eigenvalue weighted by molar-refractivity contribution is 7.95. The highest BCUT2D eigenvalue weighted by Crippen LogP contribution is 2.26. The van der Waals surface area contributed by atoms with Crippen molar-refractivity contribution in [3.05, 3.63) is 96.5 Å². The molecule has 0 saturated carbocycles. The molecule has 0 fully saturated rings. The highest BCUT2D eigenvalue weighted by Gasteiger charge is 2.26. The number of hydrogen-bond acceptors (Lipinski definition) is 4. The van der Waals surface area contributed by atoms with Crippen molar-refractivity contribution in [2.75, 3.05) is 0 Å². The summed E-state index contributed by atoms with van der Waals surface area (Å²) in [5.74, 6) is -0.851. The summed E-state index contributed by atoms with van der Waals surface area (Å²) >= 11 is 13.2. The lowest BCUT2D eigenvalue weighted by Crippen LogP contribution is -2.16. The second kappa shape index (κ2) is 8.62. The third-order valence-corrected chi connectivity index (χ3v) is 7.11. The number of rotatable bonds is 6. The lowest BCUT2D eigenvalue weighted by molar-refractivity contribution is 0.104. The molecular formula is C21H16Cl2O3S2. The first-order valence-corrected chi connectivity index (χ1v) is 11.5. The van der Waals surface area contributed by atoms with Crippen LogP contribution in [0.25, 0.3) is 6.08 Å². The van der Waals surface area contributed by atoms with Crippen molar-refractivity contribution >= 4 is 56.2 Å². The van der Waals surface area contributed by atoms with Crippen molar-refractivity contribution in [1.29, 1.82) is 0 Å². The van der Waals surface area contributed by atoms with Crippen molar-refractivity contribution in [2.24, 2.45) is 0 Å². The van der Waals surface area contributed by atoms with Gasteiger partial charge < -0.3 is 0 Å². The molecule has 0 saturated heterocycles. The van der Waals surface area contributed by atoms with E-state index >= 15 is 0 Å². The van der Waals surface area contributed by atoms with Gasteiger partial charge in [0.25, 0.3) is 0 Å². The molecule has 0 N–H and O–H groups in total. The number of sulfone groups is 1. The molecule has 2 aromatic carbocycles. The van der Waals surface area contributed by atoms with Crippen LogP contribution in [0.15, 0.2) is 65.6 Å². The molecule has 0 aliphatic carbocycles. The number of carbonyl (C=O) groups excluding carboxylic acids is 1. The Morgan fingerprint density at radius 1 is 0.929 bits per heavy atom. The molecular weight excluding hydrogens is 435 g/mol. The Kier molecular flexibility index (Phi) is 6.40. The fourth-order valence-corrected chi connectivity index (χ4v) is 5.22. The summed E-state index contributed by atoms with van der Waals surface area (Å²) in [6.45, 7) is 1.92. The van der Waals surface area contributed by atoms with Gasteiger partial charge in [0.1, 0.15) is 4.91 Å². The molecule has 0 amide bonds. The van der Waals surface area contributed by atoms with Gasteiger partial charge in [-0.2, -0.15) is 0 Å². The van der Waals surface area contributed by atoms with E-state index in [0.29, 0.717) is 20.5 Å². The number of aryl methyl sites for hydroxylation is 1. The number of Topliss-reactive ketones (excluding diaryl/α,β-unsaturated/α-hetero) is 1. The summed E-state index contributed by atoms with van der Waals surface area (Å²) in [6.07, 6.45) is 1.44. The summed E-state index contributed by atoms with van der Waals surface area (Å²) in [4.78, 5) is 14.5. The van der Waals surface area contributed by atoms with Crippen molar-refractivity contribution < 1.29 is 13.2 Å². The van der Waals surface area contributed by atoms with Gasteiger partial charge in [0.05, 0.1) is 5.75 Å². The predicted octanol–water partition coefficient (Wildman–Crippen LogP) is 6.20. The molecule has 28 heavy (non-hydrogen) atoms. The Morgan fingerprint density at radius 3 is 2.04 bits per heavy atom. The van der Waals surface area contributed by atoms with Crippen molar-refractivity contribution in [3.63, 3.8) is 0 Å². The topological polar surface area (TPSA) is 51.2 Å². The first-order chi connectivity index (χ1) is 13.2. The SMILES string of the molecule is Cc1ccc(C=C(C(=O)c2ccc(Cl)cc2)S(=O)(=O)Cc2ccc(Cl)cc2)s1. The van der Waals surface area contributed by atoms with E-state index < -0.39 is 15.6 Å². The maximum absolute atomic E-state index is 13.1. The van der Waals surface area contributed by atoms with Crippen LogP contribution in [0.5, 0.6) is 0 Å². The maximum atomic E-state index is 13.1. The van der Waals surface area contributed by atoms with Crippen LogP contribution in [0.2, 0.25) is 10.0 Å². The molecule has 0 unspecified atom stereocenters. The van der Waals surface area contributed by atoms with E-state index in [4.69, 9.17) is 23.2 Å². The Morgan fingerprint density at radius 2 is 1.50 bits per heavy atom.